The van der Waals surface area contributed by atoms with Crippen LogP contribution in [0, 0.1) is 11.6 Å². The molecule has 0 aliphatic heterocycles. The minimum absolute atomic E-state index is 0.00522. The van der Waals surface area contributed by atoms with Gasteiger partial charge in [-0.05, 0) is 18.6 Å². The third kappa shape index (κ3) is 5.29. The van der Waals surface area contributed by atoms with E-state index in [0.717, 1.165) is 12.1 Å². The maximum atomic E-state index is 13.0. The van der Waals surface area contributed by atoms with Gasteiger partial charge in [0.25, 0.3) is 5.91 Å². The number of rotatable bonds is 7. The zero-order valence-corrected chi connectivity index (χ0v) is 11.4. The van der Waals surface area contributed by atoms with Gasteiger partial charge in [-0.15, -0.1) is 0 Å². The molecule has 21 heavy (non-hydrogen) atoms. The Kier molecular flexibility index (Phi) is 5.95. The van der Waals surface area contributed by atoms with Crippen molar-refractivity contribution in [2.45, 2.75) is 32.2 Å². The molecule has 0 aliphatic rings. The summed E-state index contributed by atoms with van der Waals surface area (Å²) in [5, 5.41) is 11.1. The van der Waals surface area contributed by atoms with E-state index in [-0.39, 0.29) is 30.6 Å². The summed E-state index contributed by atoms with van der Waals surface area (Å²) in [6.07, 6.45) is 0.201. The second-order valence-electron chi connectivity index (χ2n) is 4.45. The second-order valence-corrected chi connectivity index (χ2v) is 4.45. The molecule has 1 amide bonds. The quantitative estimate of drug-likeness (QED) is 0.805. The average Bonchev–Trinajstić information content (AvgIpc) is 2.41. The molecule has 2 N–H and O–H groups in total. The van der Waals surface area contributed by atoms with Crippen LogP contribution in [-0.4, -0.2) is 28.8 Å². The number of benzene rings is 1. The van der Waals surface area contributed by atoms with Crippen LogP contribution in [0.3, 0.4) is 0 Å². The highest BCUT2D eigenvalue weighted by Gasteiger charge is 2.22. The number of nitrogens with one attached hydrogen (secondary N) is 1. The van der Waals surface area contributed by atoms with Crippen LogP contribution in [-0.2, 0) is 9.59 Å². The average molecular weight is 299 g/mol. The van der Waals surface area contributed by atoms with E-state index in [9.17, 15) is 23.2 Å². The third-order valence-corrected chi connectivity index (χ3v) is 2.83. The number of carboxylic acid groups (broad SMARTS) is 1. The lowest BCUT2D eigenvalue weighted by Gasteiger charge is -2.14. The number of amides is 1. The molecule has 0 aromatic heterocycles. The van der Waals surface area contributed by atoms with Gasteiger partial charge in [0.05, 0.1) is 0 Å². The van der Waals surface area contributed by atoms with Gasteiger partial charge in [-0.1, -0.05) is 6.92 Å². The first kappa shape index (κ1) is 16.7. The van der Waals surface area contributed by atoms with Crippen LogP contribution in [0.1, 0.15) is 36.5 Å². The third-order valence-electron chi connectivity index (χ3n) is 2.83. The van der Waals surface area contributed by atoms with E-state index in [2.05, 4.69) is 5.32 Å². The summed E-state index contributed by atoms with van der Waals surface area (Å²) in [6, 6.07) is 0.911. The Labute approximate surface area is 120 Å². The first-order chi connectivity index (χ1) is 9.83. The van der Waals surface area contributed by atoms with Crippen molar-refractivity contribution >= 4 is 17.7 Å². The molecule has 0 saturated heterocycles. The highest BCUT2D eigenvalue weighted by Crippen LogP contribution is 2.09. The molecule has 0 fully saturated rings. The summed E-state index contributed by atoms with van der Waals surface area (Å²) in [6.45, 7) is 1.65. The van der Waals surface area contributed by atoms with Crippen molar-refractivity contribution in [3.05, 3.63) is 35.4 Å². The van der Waals surface area contributed by atoms with Crippen molar-refractivity contribution in [1.82, 2.24) is 5.32 Å². The molecule has 0 bridgehead atoms. The molecule has 0 aliphatic carbocycles. The van der Waals surface area contributed by atoms with Crippen molar-refractivity contribution in [1.29, 1.82) is 0 Å². The Bertz CT molecular complexity index is 540. The lowest BCUT2D eigenvalue weighted by molar-refractivity contribution is -0.139. The number of carbonyl (C=O) groups excluding carboxylic acids is 2. The predicted molar refractivity (Wildman–Crippen MR) is 69.8 cm³/mol. The fourth-order valence-corrected chi connectivity index (χ4v) is 1.67. The van der Waals surface area contributed by atoms with E-state index < -0.39 is 29.6 Å². The van der Waals surface area contributed by atoms with Crippen LogP contribution in [0.2, 0.25) is 0 Å². The number of aliphatic carboxylic acids is 1. The standard InChI is InChI=1S/C14H15F2NO4/c1-2-11(18)3-4-12(14(20)21)17-13(19)8-5-9(15)7-10(16)6-8/h5-7,12H,2-4H2,1H3,(H,17,19)(H,20,21)/t12-/m1/s1. The van der Waals surface area contributed by atoms with Gasteiger partial charge in [0.1, 0.15) is 23.5 Å². The normalized spacial score (nSPS) is 11.8. The summed E-state index contributed by atoms with van der Waals surface area (Å²) in [4.78, 5) is 34.0. The summed E-state index contributed by atoms with van der Waals surface area (Å²) in [5.41, 5.74) is -0.319. The molecule has 0 spiro atoms. The van der Waals surface area contributed by atoms with Crippen molar-refractivity contribution in [3.8, 4) is 0 Å². The van der Waals surface area contributed by atoms with E-state index in [1.54, 1.807) is 6.92 Å². The monoisotopic (exact) mass is 299 g/mol. The molecule has 1 aromatic carbocycles. The van der Waals surface area contributed by atoms with Crippen LogP contribution in [0.5, 0.6) is 0 Å². The Morgan fingerprint density at radius 3 is 2.24 bits per heavy atom. The van der Waals surface area contributed by atoms with Crippen molar-refractivity contribution in [2.24, 2.45) is 0 Å². The highest BCUT2D eigenvalue weighted by atomic mass is 19.1. The highest BCUT2D eigenvalue weighted by molar-refractivity contribution is 5.96. The van der Waals surface area contributed by atoms with E-state index in [4.69, 9.17) is 5.11 Å². The first-order valence-electron chi connectivity index (χ1n) is 6.35. The van der Waals surface area contributed by atoms with Gasteiger partial charge in [0, 0.05) is 24.5 Å². The first-order valence-corrected chi connectivity index (χ1v) is 6.35. The molecule has 114 valence electrons. The molecule has 5 nitrogen and oxygen atoms in total. The summed E-state index contributed by atoms with van der Waals surface area (Å²) < 4.78 is 26.0. The van der Waals surface area contributed by atoms with Crippen molar-refractivity contribution in [2.75, 3.05) is 0 Å². The van der Waals surface area contributed by atoms with Gasteiger partial charge in [-0.3, -0.25) is 9.59 Å². The molecule has 1 aromatic rings. The topological polar surface area (TPSA) is 83.5 Å². The lowest BCUT2D eigenvalue weighted by Crippen LogP contribution is -2.41. The predicted octanol–water partition coefficient (Wildman–Crippen LogP) is 1.91. The number of hydrogen-bond acceptors (Lipinski definition) is 3. The fourth-order valence-electron chi connectivity index (χ4n) is 1.67. The van der Waals surface area contributed by atoms with Crippen LogP contribution >= 0.6 is 0 Å². The molecular formula is C14H15F2NO4. The number of hydrogen-bond donors (Lipinski definition) is 2. The van der Waals surface area contributed by atoms with Crippen LogP contribution in [0.25, 0.3) is 0 Å². The van der Waals surface area contributed by atoms with Crippen LogP contribution in [0.4, 0.5) is 8.78 Å². The molecule has 0 radical (unpaired) electrons. The molecule has 0 heterocycles. The molecule has 1 atom stereocenters. The molecule has 7 heteroatoms. The molecule has 1 rings (SSSR count). The Hall–Kier alpha value is -2.31. The minimum atomic E-state index is -1.32. The van der Waals surface area contributed by atoms with E-state index in [1.807, 2.05) is 0 Å². The van der Waals surface area contributed by atoms with Gasteiger partial charge < -0.3 is 10.4 Å². The van der Waals surface area contributed by atoms with E-state index in [1.165, 1.54) is 0 Å². The fraction of sp³-hybridized carbons (Fsp3) is 0.357. The second kappa shape index (κ2) is 7.47. The lowest BCUT2D eigenvalue weighted by atomic mass is 10.1. The Balaban J connectivity index is 2.76. The van der Waals surface area contributed by atoms with Gasteiger partial charge in [-0.2, -0.15) is 0 Å². The van der Waals surface area contributed by atoms with E-state index in [0.29, 0.717) is 6.07 Å². The zero-order chi connectivity index (χ0) is 16.0. The smallest absolute Gasteiger partial charge is 0.326 e. The number of carboxylic acids is 1. The summed E-state index contributed by atoms with van der Waals surface area (Å²) in [5.74, 6) is -4.23. The van der Waals surface area contributed by atoms with Crippen LogP contribution < -0.4 is 5.32 Å². The number of Topliss-reactive ketones (excluding diaryl/α,β-unsaturated/α-hetero) is 1. The van der Waals surface area contributed by atoms with E-state index >= 15 is 0 Å². The molecule has 0 unspecified atom stereocenters. The maximum absolute atomic E-state index is 13.0. The molecular weight excluding hydrogens is 284 g/mol. The summed E-state index contributed by atoms with van der Waals surface area (Å²) in [7, 11) is 0. The maximum Gasteiger partial charge on any atom is 0.326 e. The van der Waals surface area contributed by atoms with Crippen molar-refractivity contribution in [3.63, 3.8) is 0 Å². The SMILES string of the molecule is CCC(=O)CC[C@@H](NC(=O)c1cc(F)cc(F)c1)C(=O)O. The Morgan fingerprint density at radius 1 is 1.19 bits per heavy atom. The Morgan fingerprint density at radius 2 is 1.76 bits per heavy atom. The largest absolute Gasteiger partial charge is 0.480 e. The minimum Gasteiger partial charge on any atom is -0.480 e. The number of halogens is 2. The van der Waals surface area contributed by atoms with Gasteiger partial charge >= 0.3 is 5.97 Å². The van der Waals surface area contributed by atoms with Crippen LogP contribution in [0.15, 0.2) is 18.2 Å². The van der Waals surface area contributed by atoms with Gasteiger partial charge in [0.15, 0.2) is 0 Å². The summed E-state index contributed by atoms with van der Waals surface area (Å²) >= 11 is 0. The van der Waals surface area contributed by atoms with Crippen molar-refractivity contribution < 1.29 is 28.3 Å². The number of carbonyl (C=O) groups is 3. The molecule has 0 saturated carbocycles. The van der Waals surface area contributed by atoms with Gasteiger partial charge in [0.2, 0.25) is 0 Å². The zero-order valence-electron chi connectivity index (χ0n) is 11.4. The number of ketones is 1. The van der Waals surface area contributed by atoms with Gasteiger partial charge in [-0.25, -0.2) is 13.6 Å².